The van der Waals surface area contributed by atoms with Crippen molar-refractivity contribution in [1.82, 2.24) is 0 Å². The minimum absolute atomic E-state index is 0.0124. The van der Waals surface area contributed by atoms with Crippen molar-refractivity contribution < 1.29 is 29.6 Å². The number of rotatable bonds is 4. The molecule has 1 aromatic carbocycles. The SMILES string of the molecule is C/C(=C\[C@@H]1OC(=O)[C@@H]([C@@H]2CC[C@]34C[C@]23C=C[C@@H]2[C@@]3(C)CC=C5C[C@@H](c6ccccc6)OC[C@]5(C)[C@@H]3C[C@@H](O)[C@]24C)[C@H]1O)CO. The highest BCUT2D eigenvalue weighted by atomic mass is 16.6. The van der Waals surface area contributed by atoms with E-state index in [9.17, 15) is 20.1 Å². The van der Waals surface area contributed by atoms with E-state index in [1.165, 1.54) is 11.1 Å². The van der Waals surface area contributed by atoms with Crippen LogP contribution in [0.5, 0.6) is 0 Å². The number of aliphatic hydroxyl groups is 3. The van der Waals surface area contributed by atoms with Gasteiger partial charge in [-0.15, -0.1) is 0 Å². The highest BCUT2D eigenvalue weighted by Gasteiger charge is 2.85. The van der Waals surface area contributed by atoms with E-state index in [1.54, 1.807) is 13.0 Å². The van der Waals surface area contributed by atoms with Crippen LogP contribution in [-0.4, -0.2) is 52.8 Å². The molecule has 236 valence electrons. The van der Waals surface area contributed by atoms with Crippen LogP contribution in [0.25, 0.3) is 0 Å². The van der Waals surface area contributed by atoms with Crippen LogP contribution in [-0.2, 0) is 14.3 Å². The summed E-state index contributed by atoms with van der Waals surface area (Å²) in [6.07, 6.45) is 12.5. The van der Waals surface area contributed by atoms with Crippen LogP contribution in [0.3, 0.4) is 0 Å². The monoisotopic (exact) mass is 600 g/mol. The van der Waals surface area contributed by atoms with E-state index in [1.807, 2.05) is 0 Å². The van der Waals surface area contributed by atoms with E-state index >= 15 is 0 Å². The van der Waals surface area contributed by atoms with E-state index < -0.39 is 24.2 Å². The number of hydrogen-bond donors (Lipinski definition) is 3. The van der Waals surface area contributed by atoms with Crippen LogP contribution in [0.4, 0.5) is 0 Å². The quantitative estimate of drug-likeness (QED) is 0.304. The fourth-order valence-electron chi connectivity index (χ4n) is 12.4. The first-order valence-electron chi connectivity index (χ1n) is 16.9. The fraction of sp³-hybridized carbons (Fsp3) is 0.658. The van der Waals surface area contributed by atoms with Crippen LogP contribution in [0.15, 0.2) is 65.8 Å². The summed E-state index contributed by atoms with van der Waals surface area (Å²) < 4.78 is 12.3. The van der Waals surface area contributed by atoms with Crippen LogP contribution in [0, 0.1) is 50.7 Å². The van der Waals surface area contributed by atoms with Gasteiger partial charge in [0.2, 0.25) is 0 Å². The predicted octanol–water partition coefficient (Wildman–Crippen LogP) is 5.69. The number of hydrogen-bond acceptors (Lipinski definition) is 6. The van der Waals surface area contributed by atoms with Gasteiger partial charge in [0, 0.05) is 10.8 Å². The highest BCUT2D eigenvalue weighted by Crippen LogP contribution is 2.89. The van der Waals surface area contributed by atoms with Gasteiger partial charge in [-0.1, -0.05) is 74.9 Å². The fourth-order valence-corrected chi connectivity index (χ4v) is 12.4. The highest BCUT2D eigenvalue weighted by molar-refractivity contribution is 5.77. The van der Waals surface area contributed by atoms with Crippen LogP contribution < -0.4 is 0 Å². The third-order valence-corrected chi connectivity index (χ3v) is 14.6. The number of cyclic esters (lactones) is 1. The Labute approximate surface area is 261 Å². The number of benzene rings is 1. The molecule has 2 aliphatic heterocycles. The predicted molar refractivity (Wildman–Crippen MR) is 166 cm³/mol. The molecule has 8 rings (SSSR count). The molecule has 6 nitrogen and oxygen atoms in total. The number of esters is 1. The Morgan fingerprint density at radius 3 is 2.66 bits per heavy atom. The topological polar surface area (TPSA) is 96.2 Å². The zero-order valence-electron chi connectivity index (χ0n) is 26.5. The molecule has 7 aliphatic rings. The molecule has 0 unspecified atom stereocenters. The molecule has 3 saturated carbocycles. The molecule has 1 aromatic rings. The molecule has 5 aliphatic carbocycles. The Kier molecular flexibility index (Phi) is 6.23. The molecule has 44 heavy (non-hydrogen) atoms. The normalized spacial score (nSPS) is 52.2. The molecule has 0 bridgehead atoms. The Morgan fingerprint density at radius 2 is 1.91 bits per heavy atom. The van der Waals surface area contributed by atoms with Crippen molar-refractivity contribution in [3.05, 3.63) is 71.3 Å². The maximum Gasteiger partial charge on any atom is 0.312 e. The largest absolute Gasteiger partial charge is 0.455 e. The Bertz CT molecular complexity index is 1460. The van der Waals surface area contributed by atoms with Gasteiger partial charge >= 0.3 is 5.97 Å². The van der Waals surface area contributed by atoms with Gasteiger partial charge in [-0.3, -0.25) is 4.79 Å². The first-order chi connectivity index (χ1) is 20.9. The van der Waals surface area contributed by atoms with Crippen molar-refractivity contribution in [2.75, 3.05) is 13.2 Å². The number of fused-ring (bicyclic) bond motifs is 5. The smallest absolute Gasteiger partial charge is 0.312 e. The molecule has 2 heterocycles. The summed E-state index contributed by atoms with van der Waals surface area (Å²) in [5.41, 5.74) is 2.68. The molecule has 0 amide bonds. The van der Waals surface area contributed by atoms with Gasteiger partial charge in [-0.25, -0.2) is 0 Å². The van der Waals surface area contributed by atoms with Gasteiger partial charge in [0.25, 0.3) is 0 Å². The van der Waals surface area contributed by atoms with Crippen molar-refractivity contribution in [1.29, 1.82) is 0 Å². The lowest BCUT2D eigenvalue weighted by molar-refractivity contribution is -0.199. The molecular formula is C38H48O6. The molecule has 0 radical (unpaired) electrons. The second kappa shape index (κ2) is 9.40. The number of carbonyl (C=O) groups excluding carboxylic acids is 1. The molecule has 2 saturated heterocycles. The summed E-state index contributed by atoms with van der Waals surface area (Å²) in [6.45, 7) is 9.52. The first-order valence-corrected chi connectivity index (χ1v) is 16.9. The van der Waals surface area contributed by atoms with Gasteiger partial charge in [0.1, 0.15) is 12.2 Å². The van der Waals surface area contributed by atoms with Crippen molar-refractivity contribution >= 4 is 5.97 Å². The van der Waals surface area contributed by atoms with E-state index in [-0.39, 0.29) is 57.6 Å². The van der Waals surface area contributed by atoms with Crippen LogP contribution in [0.2, 0.25) is 0 Å². The van der Waals surface area contributed by atoms with Gasteiger partial charge in [0.05, 0.1) is 31.3 Å². The lowest BCUT2D eigenvalue weighted by atomic mass is 9.38. The maximum absolute atomic E-state index is 13.3. The third-order valence-electron chi connectivity index (χ3n) is 14.6. The van der Waals surface area contributed by atoms with Crippen molar-refractivity contribution in [3.8, 4) is 0 Å². The summed E-state index contributed by atoms with van der Waals surface area (Å²) in [5.74, 6) is -0.410. The Hall–Kier alpha value is -2.25. The van der Waals surface area contributed by atoms with Gasteiger partial charge in [-0.2, -0.15) is 0 Å². The number of carbonyl (C=O) groups is 1. The summed E-state index contributed by atoms with van der Waals surface area (Å²) in [6, 6.07) is 10.5. The van der Waals surface area contributed by atoms with E-state index in [0.717, 1.165) is 38.5 Å². The zero-order valence-corrected chi connectivity index (χ0v) is 26.5. The van der Waals surface area contributed by atoms with Crippen molar-refractivity contribution in [2.45, 2.75) is 90.6 Å². The minimum Gasteiger partial charge on any atom is -0.455 e. The summed E-state index contributed by atoms with van der Waals surface area (Å²) in [7, 11) is 0. The number of ether oxygens (including phenoxy) is 2. The standard InChI is InChI=1S/C38H48O6/c1-22(19-39)16-27-32(41)31(33(42)44-27)25-11-15-38-20-37(25,38)14-12-28-34(2)13-10-24-17-26(23-8-6-5-7-9-23)43-21-35(24,3)29(34)18-30(40)36(28,38)4/h5-10,12,14,16,25-32,39-41H,11,13,15,17-21H2,1-4H3/b22-16+/t25-,26-,27-,28+,29+,30+,31-,32-,34+,35-,36-,37+,38+/m0/s1. The molecule has 3 N–H and O–H groups in total. The average Bonchev–Trinajstić information content (AvgIpc) is 3.49. The maximum atomic E-state index is 13.3. The van der Waals surface area contributed by atoms with Crippen molar-refractivity contribution in [3.63, 3.8) is 0 Å². The number of aliphatic hydroxyl groups excluding tert-OH is 3. The summed E-state index contributed by atoms with van der Waals surface area (Å²) >= 11 is 0. The zero-order chi connectivity index (χ0) is 30.9. The van der Waals surface area contributed by atoms with Crippen LogP contribution >= 0.6 is 0 Å². The summed E-state index contributed by atoms with van der Waals surface area (Å²) in [4.78, 5) is 13.3. The molecule has 5 fully saturated rings. The van der Waals surface area contributed by atoms with Gasteiger partial charge in [-0.05, 0) is 96.7 Å². The van der Waals surface area contributed by atoms with Gasteiger partial charge < -0.3 is 24.8 Å². The molecule has 13 atom stereocenters. The van der Waals surface area contributed by atoms with Crippen molar-refractivity contribution in [2.24, 2.45) is 50.7 Å². The summed E-state index contributed by atoms with van der Waals surface area (Å²) in [5, 5.41) is 33.2. The second-order valence-corrected chi connectivity index (χ2v) is 16.2. The molecule has 0 spiro atoms. The van der Waals surface area contributed by atoms with E-state index in [4.69, 9.17) is 9.47 Å². The molecular weight excluding hydrogens is 552 g/mol. The molecule has 0 aromatic heterocycles. The Balaban J connectivity index is 1.12. The lowest BCUT2D eigenvalue weighted by Crippen LogP contribution is -2.64. The lowest BCUT2D eigenvalue weighted by Gasteiger charge is -2.67. The second-order valence-electron chi connectivity index (χ2n) is 16.2. The first kappa shape index (κ1) is 29.2. The minimum atomic E-state index is -0.926. The molecule has 6 heteroatoms. The van der Waals surface area contributed by atoms with Crippen LogP contribution in [0.1, 0.15) is 77.9 Å². The Morgan fingerprint density at radius 1 is 1.14 bits per heavy atom. The van der Waals surface area contributed by atoms with Gasteiger partial charge in [0.15, 0.2) is 0 Å². The van der Waals surface area contributed by atoms with E-state index in [0.29, 0.717) is 18.1 Å². The third kappa shape index (κ3) is 3.44. The average molecular weight is 601 g/mol. The number of allylic oxidation sites excluding steroid dienone is 3. The van der Waals surface area contributed by atoms with E-state index in [2.05, 4.69) is 69.3 Å².